The number of rotatable bonds is 0. The van der Waals surface area contributed by atoms with E-state index in [1.165, 1.54) is 0 Å². The molecule has 5 heterocycles. The number of nitrogens with one attached hydrogen (secondary N) is 1. The van der Waals surface area contributed by atoms with Gasteiger partial charge < -0.3 is 20.6 Å². The van der Waals surface area contributed by atoms with Crippen LogP contribution in [0.2, 0.25) is 0 Å². The van der Waals surface area contributed by atoms with E-state index in [1.54, 1.807) is 11.8 Å². The highest BCUT2D eigenvalue weighted by molar-refractivity contribution is 8.04. The van der Waals surface area contributed by atoms with Crippen LogP contribution in [0.1, 0.15) is 18.4 Å². The predicted molar refractivity (Wildman–Crippen MR) is 94.8 cm³/mol. The number of aliphatic imine (C=N–C) groups is 1. The van der Waals surface area contributed by atoms with Crippen LogP contribution in [0.5, 0.6) is 5.75 Å². The molecule has 1 saturated heterocycles. The first kappa shape index (κ1) is 13.4. The molecule has 0 unspecified atom stereocenters. The van der Waals surface area contributed by atoms with Gasteiger partial charge >= 0.3 is 0 Å². The highest BCUT2D eigenvalue weighted by Crippen LogP contribution is 2.63. The summed E-state index contributed by atoms with van der Waals surface area (Å²) in [6, 6.07) is -0.336. The van der Waals surface area contributed by atoms with Gasteiger partial charge in [0, 0.05) is 12.6 Å². The fourth-order valence-corrected chi connectivity index (χ4v) is 7.46. The van der Waals surface area contributed by atoms with Crippen molar-refractivity contribution in [2.45, 2.75) is 41.9 Å². The molecule has 0 saturated carbocycles. The summed E-state index contributed by atoms with van der Waals surface area (Å²) in [4.78, 5) is 5.53. The van der Waals surface area contributed by atoms with Crippen molar-refractivity contribution in [3.05, 3.63) is 27.1 Å². The molecule has 7 heteroatoms. The Bertz CT molecular complexity index is 1110. The van der Waals surface area contributed by atoms with Crippen molar-refractivity contribution in [2.24, 2.45) is 4.99 Å². The molecule has 1 aromatic rings. The molecule has 5 atom stereocenters. The summed E-state index contributed by atoms with van der Waals surface area (Å²) in [7, 11) is 0. The van der Waals surface area contributed by atoms with E-state index in [1.807, 2.05) is 12.3 Å². The topological polar surface area (TPSA) is 88.1 Å². The van der Waals surface area contributed by atoms with E-state index in [9.17, 15) is 15.3 Å². The average molecular weight is 354 g/mol. The number of aliphatic hydroxyl groups is 2. The number of fused-ring (bicyclic) bond motifs is 3. The number of aromatic hydroxyl groups is 1. The molecule has 126 valence electrons. The van der Waals surface area contributed by atoms with E-state index < -0.39 is 17.6 Å². The highest BCUT2D eigenvalue weighted by atomic mass is 32.2. The smallest absolute Gasteiger partial charge is 0.216 e. The van der Waals surface area contributed by atoms with Crippen molar-refractivity contribution >= 4 is 34.9 Å². The first-order chi connectivity index (χ1) is 12.1. The van der Waals surface area contributed by atoms with Crippen LogP contribution in [0, 0.1) is 0 Å². The summed E-state index contributed by atoms with van der Waals surface area (Å²) in [6.07, 6.45) is 4.04. The number of hydrogen-bond acceptors (Lipinski definition) is 6. The second kappa shape index (κ2) is 3.79. The second-order valence-electron chi connectivity index (χ2n) is 7.78. The Hall–Kier alpha value is -1.83. The van der Waals surface area contributed by atoms with E-state index in [2.05, 4.69) is 14.9 Å². The number of thioether (sulfide) groups is 1. The third-order valence-electron chi connectivity index (χ3n) is 6.83. The van der Waals surface area contributed by atoms with Crippen molar-refractivity contribution in [3.63, 3.8) is 0 Å². The Labute approximate surface area is 146 Å². The van der Waals surface area contributed by atoms with Crippen LogP contribution in [0.15, 0.2) is 16.0 Å². The van der Waals surface area contributed by atoms with Gasteiger partial charge in [0.05, 0.1) is 27.3 Å². The molecule has 1 aromatic carbocycles. The van der Waals surface area contributed by atoms with E-state index in [4.69, 9.17) is 0 Å². The quantitative estimate of drug-likeness (QED) is 0.365. The van der Waals surface area contributed by atoms with Crippen molar-refractivity contribution < 1.29 is 15.3 Å². The van der Waals surface area contributed by atoms with Crippen molar-refractivity contribution in [1.29, 1.82) is 0 Å². The van der Waals surface area contributed by atoms with Gasteiger partial charge in [-0.15, -0.1) is 11.8 Å². The van der Waals surface area contributed by atoms with Crippen LogP contribution in [0.3, 0.4) is 0 Å². The lowest BCUT2D eigenvalue weighted by Gasteiger charge is -2.47. The Morgan fingerprint density at radius 1 is 1.36 bits per heavy atom. The molecule has 0 radical (unpaired) electrons. The van der Waals surface area contributed by atoms with Crippen molar-refractivity contribution in [3.8, 4) is 5.75 Å². The first-order valence-corrected chi connectivity index (χ1v) is 9.61. The SMILES string of the molecule is Oc1c2c3c4c5c1N=CC=5CC[N+]=4[C@@H]1[C@H](O)C=C4S[C@@H](C[C@@]43[C@H]1O)N2. The molecule has 7 rings (SSSR count). The summed E-state index contributed by atoms with van der Waals surface area (Å²) in [6.45, 7) is 0.750. The van der Waals surface area contributed by atoms with E-state index >= 15 is 0 Å². The highest BCUT2D eigenvalue weighted by Gasteiger charge is 2.66. The lowest BCUT2D eigenvalue weighted by molar-refractivity contribution is -0.0127. The third-order valence-corrected chi connectivity index (χ3v) is 8.15. The minimum absolute atomic E-state index is 0.0967. The Balaban J connectivity index is 1.80. The molecule has 6 aliphatic rings. The fraction of sp³-hybridized carbons (Fsp3) is 0.444. The van der Waals surface area contributed by atoms with Crippen LogP contribution < -0.4 is 20.5 Å². The van der Waals surface area contributed by atoms with Gasteiger partial charge in [0.1, 0.15) is 24.4 Å². The zero-order valence-corrected chi connectivity index (χ0v) is 14.0. The van der Waals surface area contributed by atoms with E-state index in [0.29, 0.717) is 5.69 Å². The van der Waals surface area contributed by atoms with E-state index in [0.717, 1.165) is 51.7 Å². The second-order valence-corrected chi connectivity index (χ2v) is 9.03. The van der Waals surface area contributed by atoms with Gasteiger partial charge in [0.15, 0.2) is 5.75 Å². The minimum atomic E-state index is -0.688. The van der Waals surface area contributed by atoms with Crippen LogP contribution in [0.4, 0.5) is 11.4 Å². The molecule has 1 spiro atoms. The van der Waals surface area contributed by atoms with Crippen LogP contribution in [0.25, 0.3) is 5.57 Å². The largest absolute Gasteiger partial charge is 0.504 e. The zero-order valence-electron chi connectivity index (χ0n) is 13.2. The van der Waals surface area contributed by atoms with Crippen LogP contribution >= 0.6 is 11.8 Å². The normalized spacial score (nSPS) is 40.3. The number of hydrogen-bond donors (Lipinski definition) is 4. The van der Waals surface area contributed by atoms with Gasteiger partial charge in [-0.05, 0) is 23.0 Å². The van der Waals surface area contributed by atoms with Crippen molar-refractivity contribution in [1.82, 2.24) is 4.58 Å². The predicted octanol–water partition coefficient (Wildman–Crippen LogP) is -0.719. The third kappa shape index (κ3) is 1.19. The number of aliphatic hydroxyl groups excluding tert-OH is 2. The number of phenolic OH excluding ortho intramolecular Hbond substituents is 1. The van der Waals surface area contributed by atoms with E-state index in [-0.39, 0.29) is 17.2 Å². The summed E-state index contributed by atoms with van der Waals surface area (Å²) >= 11 is 1.67. The lowest BCUT2D eigenvalue weighted by atomic mass is 9.62. The van der Waals surface area contributed by atoms with Crippen molar-refractivity contribution in [2.75, 3.05) is 11.9 Å². The van der Waals surface area contributed by atoms with Gasteiger partial charge in [0.2, 0.25) is 11.4 Å². The number of anilines is 1. The maximum absolute atomic E-state index is 11.4. The molecule has 4 N–H and O–H groups in total. The Morgan fingerprint density at radius 2 is 2.24 bits per heavy atom. The monoisotopic (exact) mass is 354 g/mol. The summed E-state index contributed by atoms with van der Waals surface area (Å²) in [5.41, 5.74) is 3.01. The fourth-order valence-electron chi connectivity index (χ4n) is 5.90. The molecule has 0 aromatic heterocycles. The molecule has 5 aliphatic heterocycles. The maximum Gasteiger partial charge on any atom is 0.216 e. The molecule has 6 nitrogen and oxygen atoms in total. The van der Waals surface area contributed by atoms with Gasteiger partial charge in [-0.2, -0.15) is 0 Å². The van der Waals surface area contributed by atoms with Gasteiger partial charge in [-0.3, -0.25) is 4.99 Å². The average Bonchev–Trinajstić information content (AvgIpc) is 3.13. The minimum Gasteiger partial charge on any atom is -0.504 e. The van der Waals surface area contributed by atoms with Crippen LogP contribution in [-0.4, -0.2) is 51.7 Å². The number of benzene rings is 1. The van der Waals surface area contributed by atoms with Crippen LogP contribution in [-0.2, 0) is 5.41 Å². The molecule has 3 bridgehead atoms. The molecule has 0 amide bonds. The Kier molecular flexibility index (Phi) is 2.03. The van der Waals surface area contributed by atoms with Gasteiger partial charge in [-0.1, -0.05) is 0 Å². The maximum atomic E-state index is 11.4. The zero-order chi connectivity index (χ0) is 16.7. The van der Waals surface area contributed by atoms with Gasteiger partial charge in [0.25, 0.3) is 0 Å². The first-order valence-electron chi connectivity index (χ1n) is 8.73. The van der Waals surface area contributed by atoms with Gasteiger partial charge in [-0.25, -0.2) is 4.58 Å². The molecular weight excluding hydrogens is 338 g/mol. The molecule has 1 fully saturated rings. The summed E-state index contributed by atoms with van der Waals surface area (Å²) in [5.74, 6) is 0.199. The number of nitrogens with zero attached hydrogens (tertiary/aromatic N) is 2. The summed E-state index contributed by atoms with van der Waals surface area (Å²) < 4.78 is 2.16. The molecular formula is C18H16N3O3S+. The molecule has 1 aliphatic carbocycles. The Morgan fingerprint density at radius 3 is 3.12 bits per heavy atom. The number of phenols is 1. The summed E-state index contributed by atoms with van der Waals surface area (Å²) in [5, 5.41) is 38.7. The standard InChI is InChI=1S/C18H15N3O3S/c22-7-3-8-18-4-9(25-8)20-13-11(18)15-10-6(5-19-12(10)16(13)23)1-2-21(15)14(7)17(18)24/h3,5,7,9,14,17,22,24H,1-2,4H2,(H,19,20,23)/p+1/t7-,9+,14-,17+,18-/m1/s1. The molecule has 25 heavy (non-hydrogen) atoms. The lowest BCUT2D eigenvalue weighted by Crippen LogP contribution is -2.70.